The molecule has 0 radical (unpaired) electrons. The highest BCUT2D eigenvalue weighted by molar-refractivity contribution is 5.28. The van der Waals surface area contributed by atoms with E-state index in [2.05, 4.69) is 41.5 Å². The number of methoxy groups -OCH3 is 1. The Morgan fingerprint density at radius 3 is 1.47 bits per heavy atom. The molecule has 3 aliphatic rings. The predicted molar refractivity (Wildman–Crippen MR) is 146 cm³/mol. The van der Waals surface area contributed by atoms with Crippen LogP contribution < -0.4 is 4.74 Å². The molecule has 3 heterocycles. The number of hydrogen-bond acceptors (Lipinski definition) is 7. The first-order valence-corrected chi connectivity index (χ1v) is 14.0. The molecular weight excluding hydrogens is 484 g/mol. The van der Waals surface area contributed by atoms with E-state index in [1.165, 1.54) is 0 Å². The van der Waals surface area contributed by atoms with Crippen LogP contribution in [0.1, 0.15) is 93.9 Å². The Morgan fingerprint density at radius 1 is 0.658 bits per heavy atom. The zero-order valence-electron chi connectivity index (χ0n) is 25.4. The maximum absolute atomic E-state index is 6.79. The van der Waals surface area contributed by atoms with E-state index in [-0.39, 0.29) is 40.7 Å². The molecule has 0 aromatic heterocycles. The lowest BCUT2D eigenvalue weighted by Crippen LogP contribution is -2.58. The van der Waals surface area contributed by atoms with Crippen molar-refractivity contribution in [3.63, 3.8) is 0 Å². The van der Waals surface area contributed by atoms with E-state index in [9.17, 15) is 0 Å². The first-order valence-electron chi connectivity index (χ1n) is 14.0. The van der Waals surface area contributed by atoms with Crippen LogP contribution in [0.5, 0.6) is 5.75 Å². The monoisotopic (exact) mass is 534 g/mol. The first kappa shape index (κ1) is 29.8. The van der Waals surface area contributed by atoms with Crippen LogP contribution in [0.2, 0.25) is 0 Å². The van der Waals surface area contributed by atoms with Gasteiger partial charge in [-0.15, -0.1) is 0 Å². The Hall–Kier alpha value is -1.22. The smallest absolute Gasteiger partial charge is 0.184 e. The summed E-state index contributed by atoms with van der Waals surface area (Å²) in [6.45, 7) is 22.6. The molecule has 4 rings (SSSR count). The second-order valence-electron chi connectivity index (χ2n) is 14.2. The number of ether oxygens (including phenoxy) is 7. The summed E-state index contributed by atoms with van der Waals surface area (Å²) < 4.78 is 44.0. The van der Waals surface area contributed by atoms with Crippen LogP contribution >= 0.6 is 0 Å². The zero-order chi connectivity index (χ0) is 28.1. The molecule has 3 fully saturated rings. The fraction of sp³-hybridized carbons (Fsp3) is 0.806. The Morgan fingerprint density at radius 2 is 1.08 bits per heavy atom. The third kappa shape index (κ3) is 6.39. The summed E-state index contributed by atoms with van der Waals surface area (Å²) in [6, 6.07) is 7.94. The molecule has 7 heteroatoms. The molecule has 1 aromatic carbocycles. The second kappa shape index (κ2) is 10.3. The van der Waals surface area contributed by atoms with Crippen molar-refractivity contribution in [1.29, 1.82) is 0 Å². The van der Waals surface area contributed by atoms with Crippen LogP contribution in [0.3, 0.4) is 0 Å². The van der Waals surface area contributed by atoms with Gasteiger partial charge in [0.15, 0.2) is 17.9 Å². The van der Waals surface area contributed by atoms with Gasteiger partial charge in [-0.2, -0.15) is 0 Å². The Kier molecular flexibility index (Phi) is 8.08. The summed E-state index contributed by atoms with van der Waals surface area (Å²) >= 11 is 0. The van der Waals surface area contributed by atoms with Crippen molar-refractivity contribution in [3.05, 3.63) is 29.8 Å². The molecule has 38 heavy (non-hydrogen) atoms. The van der Waals surface area contributed by atoms with Crippen molar-refractivity contribution in [2.24, 2.45) is 16.2 Å². The average molecular weight is 535 g/mol. The van der Waals surface area contributed by atoms with Crippen molar-refractivity contribution >= 4 is 0 Å². The molecule has 7 nitrogen and oxygen atoms in total. The van der Waals surface area contributed by atoms with E-state index >= 15 is 0 Å². The maximum atomic E-state index is 6.79. The summed E-state index contributed by atoms with van der Waals surface area (Å²) in [7, 11) is 1.67. The minimum absolute atomic E-state index is 0.0273. The molecule has 0 saturated carbocycles. The molecule has 5 atom stereocenters. The van der Waals surface area contributed by atoms with Gasteiger partial charge in [0, 0.05) is 34.7 Å². The molecule has 0 aliphatic carbocycles. The lowest BCUT2D eigenvalue weighted by atomic mass is 9.70. The topological polar surface area (TPSA) is 64.6 Å². The van der Waals surface area contributed by atoms with Gasteiger partial charge in [-0.05, 0) is 39.8 Å². The van der Waals surface area contributed by atoms with Crippen molar-refractivity contribution in [1.82, 2.24) is 0 Å². The van der Waals surface area contributed by atoms with Gasteiger partial charge in [0.25, 0.3) is 0 Å². The Bertz CT molecular complexity index is 897. The number of hydrogen-bond donors (Lipinski definition) is 0. The highest BCUT2D eigenvalue weighted by atomic mass is 16.7. The van der Waals surface area contributed by atoms with Crippen LogP contribution in [0.4, 0.5) is 0 Å². The quantitative estimate of drug-likeness (QED) is 0.405. The molecule has 0 bridgehead atoms. The van der Waals surface area contributed by atoms with Crippen LogP contribution in [0, 0.1) is 16.2 Å². The highest BCUT2D eigenvalue weighted by Crippen LogP contribution is 2.49. The molecule has 1 unspecified atom stereocenters. The van der Waals surface area contributed by atoms with Crippen LogP contribution in [0.15, 0.2) is 24.3 Å². The highest BCUT2D eigenvalue weighted by Gasteiger charge is 2.53. The summed E-state index contributed by atoms with van der Waals surface area (Å²) in [5.41, 5.74) is 0.381. The molecular formula is C31H50O7. The predicted octanol–water partition coefficient (Wildman–Crippen LogP) is 6.64. The lowest BCUT2D eigenvalue weighted by molar-refractivity contribution is -0.349. The SMILES string of the molecule is COc1ccc(C2O[C@@H](C[C@@H]3OC(C)(C)OCC3(C)C)C(C)(C)[C@@H](C[C@H]3OC(C)(C)OCC3(C)C)O2)cc1. The van der Waals surface area contributed by atoms with Gasteiger partial charge >= 0.3 is 0 Å². The van der Waals surface area contributed by atoms with Gasteiger partial charge in [0.1, 0.15) is 5.75 Å². The largest absolute Gasteiger partial charge is 0.497 e. The summed E-state index contributed by atoms with van der Waals surface area (Å²) in [4.78, 5) is 0. The van der Waals surface area contributed by atoms with Crippen molar-refractivity contribution in [2.45, 2.75) is 124 Å². The molecule has 3 saturated heterocycles. The van der Waals surface area contributed by atoms with Crippen LogP contribution in [-0.4, -0.2) is 56.3 Å². The standard InChI is InChI=1S/C31H50O7/c1-27(2)18-33-30(7,8)37-22(27)16-24-29(5,6)25(17-23-28(3,4)19-34-31(9,10)38-23)36-26(35-24)20-12-14-21(32-11)15-13-20/h12-15,22-26H,16-19H2,1-11H3/t22-,23+,24-,25+,26?. The minimum atomic E-state index is -0.629. The molecule has 0 N–H and O–H groups in total. The molecule has 0 spiro atoms. The van der Waals surface area contributed by atoms with Gasteiger partial charge in [-0.1, -0.05) is 53.7 Å². The summed E-state index contributed by atoms with van der Waals surface area (Å²) in [6.07, 6.45) is 0.702. The van der Waals surface area contributed by atoms with E-state index in [1.807, 2.05) is 52.0 Å². The Labute approximate surface area is 229 Å². The first-order chi connectivity index (χ1) is 17.4. The lowest BCUT2D eigenvalue weighted by Gasteiger charge is -2.54. The molecule has 216 valence electrons. The number of benzene rings is 1. The van der Waals surface area contributed by atoms with Crippen molar-refractivity contribution < 1.29 is 33.2 Å². The van der Waals surface area contributed by atoms with Gasteiger partial charge < -0.3 is 33.2 Å². The third-order valence-electron chi connectivity index (χ3n) is 8.66. The van der Waals surface area contributed by atoms with Gasteiger partial charge in [0.05, 0.1) is 44.7 Å². The molecule has 1 aromatic rings. The summed E-state index contributed by atoms with van der Waals surface area (Å²) in [5, 5.41) is 0. The fourth-order valence-electron chi connectivity index (χ4n) is 5.63. The van der Waals surface area contributed by atoms with Gasteiger partial charge in [-0.3, -0.25) is 0 Å². The van der Waals surface area contributed by atoms with E-state index in [0.717, 1.165) is 24.2 Å². The van der Waals surface area contributed by atoms with Gasteiger partial charge in [0.2, 0.25) is 0 Å². The maximum Gasteiger partial charge on any atom is 0.184 e. The fourth-order valence-corrected chi connectivity index (χ4v) is 5.63. The van der Waals surface area contributed by atoms with Crippen molar-refractivity contribution in [3.8, 4) is 5.75 Å². The minimum Gasteiger partial charge on any atom is -0.497 e. The zero-order valence-corrected chi connectivity index (χ0v) is 25.4. The molecule has 3 aliphatic heterocycles. The van der Waals surface area contributed by atoms with E-state index in [0.29, 0.717) is 13.2 Å². The van der Waals surface area contributed by atoms with Crippen LogP contribution in [0.25, 0.3) is 0 Å². The van der Waals surface area contributed by atoms with E-state index < -0.39 is 17.9 Å². The summed E-state index contributed by atoms with van der Waals surface area (Å²) in [5.74, 6) is -0.455. The third-order valence-corrected chi connectivity index (χ3v) is 8.66. The van der Waals surface area contributed by atoms with Gasteiger partial charge in [-0.25, -0.2) is 0 Å². The molecule has 0 amide bonds. The average Bonchev–Trinajstić information content (AvgIpc) is 2.81. The number of rotatable bonds is 6. The second-order valence-corrected chi connectivity index (χ2v) is 14.2. The van der Waals surface area contributed by atoms with Crippen molar-refractivity contribution in [2.75, 3.05) is 20.3 Å². The Balaban J connectivity index is 1.64. The normalized spacial score (nSPS) is 35.4. The van der Waals surface area contributed by atoms with E-state index in [1.54, 1.807) is 7.11 Å². The van der Waals surface area contributed by atoms with E-state index in [4.69, 9.17) is 33.2 Å². The van der Waals surface area contributed by atoms with Crippen LogP contribution in [-0.2, 0) is 28.4 Å².